The van der Waals surface area contributed by atoms with Crippen molar-refractivity contribution in [1.29, 1.82) is 0 Å². The van der Waals surface area contributed by atoms with Crippen LogP contribution < -0.4 is 19.5 Å². The van der Waals surface area contributed by atoms with Crippen LogP contribution in [0.2, 0.25) is 0 Å². The van der Waals surface area contributed by atoms with Crippen LogP contribution in [0.25, 0.3) is 0 Å². The van der Waals surface area contributed by atoms with E-state index in [9.17, 15) is 0 Å². The van der Waals surface area contributed by atoms with Crippen LogP contribution in [0.1, 0.15) is 11.1 Å². The monoisotopic (exact) mass is 297 g/mol. The normalized spacial score (nSPS) is 9.73. The van der Waals surface area contributed by atoms with Crippen LogP contribution in [0.15, 0.2) is 36.4 Å². The molecule has 0 saturated heterocycles. The first kappa shape index (κ1) is 15.6. The molecule has 0 heterocycles. The standard InChI is InChI=1S/C18H19NO3/c1-5-13-7-6-8-15(9-13)19-12-14-10-17(21-3)18(22-4)11-16(14)20-2/h1,6-11,19H,12H2,2-4H3. The maximum atomic E-state index is 5.41. The summed E-state index contributed by atoms with van der Waals surface area (Å²) in [6, 6.07) is 11.4. The smallest absolute Gasteiger partial charge is 0.164 e. The molecule has 0 aliphatic rings. The molecule has 2 aromatic rings. The van der Waals surface area contributed by atoms with Gasteiger partial charge in [-0.15, -0.1) is 6.42 Å². The molecule has 0 spiro atoms. The Balaban J connectivity index is 2.23. The molecule has 2 aromatic carbocycles. The van der Waals surface area contributed by atoms with Gasteiger partial charge in [0, 0.05) is 29.4 Å². The minimum atomic E-state index is 0.581. The highest BCUT2D eigenvalue weighted by Gasteiger charge is 2.11. The lowest BCUT2D eigenvalue weighted by molar-refractivity contribution is 0.347. The van der Waals surface area contributed by atoms with Crippen molar-refractivity contribution in [3.63, 3.8) is 0 Å². The van der Waals surface area contributed by atoms with E-state index < -0.39 is 0 Å². The van der Waals surface area contributed by atoms with E-state index in [0.717, 1.165) is 22.6 Å². The molecular weight excluding hydrogens is 278 g/mol. The molecule has 0 aliphatic carbocycles. The first-order valence-corrected chi connectivity index (χ1v) is 6.81. The summed E-state index contributed by atoms with van der Waals surface area (Å²) >= 11 is 0. The number of hydrogen-bond donors (Lipinski definition) is 1. The second kappa shape index (κ2) is 7.28. The van der Waals surface area contributed by atoms with Gasteiger partial charge in [0.05, 0.1) is 21.3 Å². The number of rotatable bonds is 6. The number of benzene rings is 2. The fourth-order valence-corrected chi connectivity index (χ4v) is 2.15. The highest BCUT2D eigenvalue weighted by Crippen LogP contribution is 2.34. The summed E-state index contributed by atoms with van der Waals surface area (Å²) in [7, 11) is 4.84. The fraction of sp³-hybridized carbons (Fsp3) is 0.222. The van der Waals surface area contributed by atoms with Gasteiger partial charge in [0.25, 0.3) is 0 Å². The number of anilines is 1. The number of terminal acetylenes is 1. The number of methoxy groups -OCH3 is 3. The van der Waals surface area contributed by atoms with E-state index >= 15 is 0 Å². The second-order valence-electron chi connectivity index (χ2n) is 4.60. The molecule has 4 nitrogen and oxygen atoms in total. The van der Waals surface area contributed by atoms with Crippen LogP contribution >= 0.6 is 0 Å². The van der Waals surface area contributed by atoms with Crippen molar-refractivity contribution in [1.82, 2.24) is 0 Å². The van der Waals surface area contributed by atoms with Gasteiger partial charge in [0.1, 0.15) is 5.75 Å². The number of hydrogen-bond acceptors (Lipinski definition) is 4. The zero-order valence-electron chi connectivity index (χ0n) is 13.0. The van der Waals surface area contributed by atoms with Gasteiger partial charge in [-0.3, -0.25) is 0 Å². The maximum absolute atomic E-state index is 5.41. The molecule has 0 aliphatic heterocycles. The fourth-order valence-electron chi connectivity index (χ4n) is 2.15. The summed E-state index contributed by atoms with van der Waals surface area (Å²) in [5, 5.41) is 3.33. The minimum absolute atomic E-state index is 0.581. The summed E-state index contributed by atoms with van der Waals surface area (Å²) in [6.45, 7) is 0.581. The van der Waals surface area contributed by atoms with E-state index in [1.807, 2.05) is 36.4 Å². The van der Waals surface area contributed by atoms with E-state index in [4.69, 9.17) is 20.6 Å². The highest BCUT2D eigenvalue weighted by atomic mass is 16.5. The molecule has 0 saturated carbocycles. The van der Waals surface area contributed by atoms with Crippen LogP contribution in [-0.4, -0.2) is 21.3 Å². The third-order valence-corrected chi connectivity index (χ3v) is 3.30. The zero-order chi connectivity index (χ0) is 15.9. The van der Waals surface area contributed by atoms with E-state index in [1.165, 1.54) is 0 Å². The van der Waals surface area contributed by atoms with Crippen molar-refractivity contribution in [2.24, 2.45) is 0 Å². The van der Waals surface area contributed by atoms with E-state index in [2.05, 4.69) is 11.2 Å². The van der Waals surface area contributed by atoms with Crippen molar-refractivity contribution < 1.29 is 14.2 Å². The van der Waals surface area contributed by atoms with Gasteiger partial charge in [-0.2, -0.15) is 0 Å². The molecule has 114 valence electrons. The van der Waals surface area contributed by atoms with Crippen molar-refractivity contribution in [2.45, 2.75) is 6.54 Å². The Labute approximate surface area is 131 Å². The molecule has 0 unspecified atom stereocenters. The lowest BCUT2D eigenvalue weighted by Crippen LogP contribution is -2.03. The SMILES string of the molecule is C#Cc1cccc(NCc2cc(OC)c(OC)cc2OC)c1. The predicted molar refractivity (Wildman–Crippen MR) is 87.8 cm³/mol. The van der Waals surface area contributed by atoms with E-state index in [-0.39, 0.29) is 0 Å². The Morgan fingerprint density at radius 1 is 0.955 bits per heavy atom. The molecule has 0 aromatic heterocycles. The van der Waals surface area contributed by atoms with E-state index in [0.29, 0.717) is 18.0 Å². The third-order valence-electron chi connectivity index (χ3n) is 3.30. The third kappa shape index (κ3) is 3.44. The van der Waals surface area contributed by atoms with Gasteiger partial charge in [0.2, 0.25) is 0 Å². The average molecular weight is 297 g/mol. The zero-order valence-corrected chi connectivity index (χ0v) is 13.0. The molecule has 0 fully saturated rings. The Morgan fingerprint density at radius 2 is 1.64 bits per heavy atom. The van der Waals surface area contributed by atoms with Gasteiger partial charge in [-0.1, -0.05) is 12.0 Å². The molecule has 2 rings (SSSR count). The summed E-state index contributed by atoms with van der Waals surface area (Å²) in [6.07, 6.45) is 5.41. The summed E-state index contributed by atoms with van der Waals surface area (Å²) in [5.74, 6) is 4.66. The Bertz CT molecular complexity index is 689. The number of ether oxygens (including phenoxy) is 3. The summed E-state index contributed by atoms with van der Waals surface area (Å²) in [4.78, 5) is 0. The maximum Gasteiger partial charge on any atom is 0.164 e. The van der Waals surface area contributed by atoms with Gasteiger partial charge in [-0.05, 0) is 24.3 Å². The quantitative estimate of drug-likeness (QED) is 0.830. The van der Waals surface area contributed by atoms with Crippen LogP contribution in [-0.2, 0) is 6.54 Å². The molecule has 1 N–H and O–H groups in total. The predicted octanol–water partition coefficient (Wildman–Crippen LogP) is 3.31. The first-order chi connectivity index (χ1) is 10.7. The molecule has 4 heteroatoms. The van der Waals surface area contributed by atoms with Crippen LogP contribution in [0, 0.1) is 12.3 Å². The lowest BCUT2D eigenvalue weighted by Gasteiger charge is -2.15. The van der Waals surface area contributed by atoms with Crippen LogP contribution in [0.3, 0.4) is 0 Å². The molecule has 0 radical (unpaired) electrons. The lowest BCUT2D eigenvalue weighted by atomic mass is 10.1. The van der Waals surface area contributed by atoms with Crippen LogP contribution in [0.5, 0.6) is 17.2 Å². The Morgan fingerprint density at radius 3 is 2.27 bits per heavy atom. The van der Waals surface area contributed by atoms with Gasteiger partial charge >= 0.3 is 0 Å². The van der Waals surface area contributed by atoms with Crippen molar-refractivity contribution in [3.8, 4) is 29.6 Å². The van der Waals surface area contributed by atoms with Crippen LogP contribution in [0.4, 0.5) is 5.69 Å². The first-order valence-electron chi connectivity index (χ1n) is 6.81. The summed E-state index contributed by atoms with van der Waals surface area (Å²) in [5.41, 5.74) is 2.75. The molecule has 22 heavy (non-hydrogen) atoms. The summed E-state index contributed by atoms with van der Waals surface area (Å²) < 4.78 is 16.0. The number of nitrogens with one attached hydrogen (secondary N) is 1. The average Bonchev–Trinajstić information content (AvgIpc) is 2.59. The molecular formula is C18H19NO3. The highest BCUT2D eigenvalue weighted by molar-refractivity contribution is 5.54. The molecule has 0 amide bonds. The minimum Gasteiger partial charge on any atom is -0.496 e. The van der Waals surface area contributed by atoms with Crippen molar-refractivity contribution >= 4 is 5.69 Å². The van der Waals surface area contributed by atoms with Crippen molar-refractivity contribution in [2.75, 3.05) is 26.6 Å². The molecule has 0 bridgehead atoms. The largest absolute Gasteiger partial charge is 0.496 e. The Kier molecular flexibility index (Phi) is 5.16. The van der Waals surface area contributed by atoms with Crippen molar-refractivity contribution in [3.05, 3.63) is 47.5 Å². The second-order valence-corrected chi connectivity index (χ2v) is 4.60. The Hall–Kier alpha value is -2.80. The van der Waals surface area contributed by atoms with Gasteiger partial charge in [0.15, 0.2) is 11.5 Å². The molecule has 0 atom stereocenters. The topological polar surface area (TPSA) is 39.7 Å². The van der Waals surface area contributed by atoms with Gasteiger partial charge < -0.3 is 19.5 Å². The van der Waals surface area contributed by atoms with Gasteiger partial charge in [-0.25, -0.2) is 0 Å². The van der Waals surface area contributed by atoms with E-state index in [1.54, 1.807) is 21.3 Å².